The first-order valence-corrected chi connectivity index (χ1v) is 6.68. The van der Waals surface area contributed by atoms with Gasteiger partial charge in [-0.25, -0.2) is 9.97 Å². The van der Waals surface area contributed by atoms with Crippen LogP contribution in [0.3, 0.4) is 0 Å². The van der Waals surface area contributed by atoms with Gasteiger partial charge in [0.2, 0.25) is 5.88 Å². The number of aromatic nitrogens is 2. The molecule has 16 heavy (non-hydrogen) atoms. The van der Waals surface area contributed by atoms with Gasteiger partial charge in [-0.3, -0.25) is 0 Å². The zero-order valence-corrected chi connectivity index (χ0v) is 11.5. The number of nitrogens with zero attached hydrogens (tertiary/aromatic N) is 2. The van der Waals surface area contributed by atoms with Crippen LogP contribution in [0.2, 0.25) is 5.15 Å². The molecule has 3 nitrogen and oxygen atoms in total. The van der Waals surface area contributed by atoms with Gasteiger partial charge in [-0.2, -0.15) is 0 Å². The lowest BCUT2D eigenvalue weighted by Crippen LogP contribution is -2.28. The van der Waals surface area contributed by atoms with Crippen LogP contribution in [0.25, 0.3) is 0 Å². The second kappa shape index (κ2) is 5.32. The van der Waals surface area contributed by atoms with Crippen LogP contribution in [0.1, 0.15) is 32.6 Å². The van der Waals surface area contributed by atoms with Crippen LogP contribution in [0.5, 0.6) is 5.88 Å². The van der Waals surface area contributed by atoms with Crippen LogP contribution < -0.4 is 4.74 Å². The van der Waals surface area contributed by atoms with Crippen molar-refractivity contribution in [1.29, 1.82) is 0 Å². The van der Waals surface area contributed by atoms with Crippen LogP contribution in [-0.4, -0.2) is 16.1 Å². The Labute approximate surface area is 109 Å². The highest BCUT2D eigenvalue weighted by atomic mass is 79.9. The molecule has 1 aromatic heterocycles. The van der Waals surface area contributed by atoms with Crippen LogP contribution in [0.15, 0.2) is 10.8 Å². The van der Waals surface area contributed by atoms with Gasteiger partial charge < -0.3 is 4.74 Å². The molecule has 0 saturated heterocycles. The second-order valence-corrected chi connectivity index (χ2v) is 5.35. The molecule has 88 valence electrons. The first-order chi connectivity index (χ1) is 7.68. The van der Waals surface area contributed by atoms with Gasteiger partial charge in [0.15, 0.2) is 5.15 Å². The molecule has 1 aliphatic carbocycles. The zero-order chi connectivity index (χ0) is 11.5. The summed E-state index contributed by atoms with van der Waals surface area (Å²) in [4.78, 5) is 7.98. The normalized spacial score (nSPS) is 25.4. The summed E-state index contributed by atoms with van der Waals surface area (Å²) >= 11 is 9.23. The van der Waals surface area contributed by atoms with Crippen molar-refractivity contribution in [1.82, 2.24) is 9.97 Å². The summed E-state index contributed by atoms with van der Waals surface area (Å²) in [5.41, 5.74) is 0. The lowest BCUT2D eigenvalue weighted by atomic mass is 9.88. The molecule has 1 fully saturated rings. The third kappa shape index (κ3) is 2.66. The number of hydrogen-bond acceptors (Lipinski definition) is 3. The minimum atomic E-state index is 0.246. The average molecular weight is 306 g/mol. The largest absolute Gasteiger partial charge is 0.473 e. The summed E-state index contributed by atoms with van der Waals surface area (Å²) in [5.74, 6) is 1.13. The Hall–Kier alpha value is -0.350. The average Bonchev–Trinajstić information content (AvgIpc) is 2.28. The van der Waals surface area contributed by atoms with Crippen molar-refractivity contribution in [3.05, 3.63) is 16.0 Å². The smallest absolute Gasteiger partial charge is 0.232 e. The van der Waals surface area contributed by atoms with E-state index < -0.39 is 0 Å². The van der Waals surface area contributed by atoms with E-state index in [0.29, 0.717) is 21.4 Å². The maximum Gasteiger partial charge on any atom is 0.232 e. The van der Waals surface area contributed by atoms with Crippen molar-refractivity contribution in [2.24, 2.45) is 5.92 Å². The fraction of sp³-hybridized carbons (Fsp3) is 0.636. The second-order valence-electron chi connectivity index (χ2n) is 4.20. The molecule has 0 amide bonds. The molecule has 5 heteroatoms. The SMILES string of the molecule is CC1CCCCC1Oc1ncnc(Cl)c1Br. The molecule has 0 N–H and O–H groups in total. The monoisotopic (exact) mass is 304 g/mol. The number of halogens is 2. The summed E-state index contributed by atoms with van der Waals surface area (Å²) in [6.45, 7) is 2.22. The maximum atomic E-state index is 5.90. The predicted octanol–water partition coefficient (Wildman–Crippen LogP) is 3.85. The van der Waals surface area contributed by atoms with Crippen molar-refractivity contribution in [2.75, 3.05) is 0 Å². The molecule has 0 spiro atoms. The van der Waals surface area contributed by atoms with E-state index in [1.807, 2.05) is 0 Å². The lowest BCUT2D eigenvalue weighted by Gasteiger charge is -2.29. The van der Waals surface area contributed by atoms with Crippen LogP contribution in [0.4, 0.5) is 0 Å². The highest BCUT2D eigenvalue weighted by Gasteiger charge is 2.24. The Morgan fingerprint density at radius 1 is 1.38 bits per heavy atom. The van der Waals surface area contributed by atoms with Gasteiger partial charge in [0.05, 0.1) is 0 Å². The van der Waals surface area contributed by atoms with Gasteiger partial charge in [-0.1, -0.05) is 24.9 Å². The molecule has 2 unspecified atom stereocenters. The first kappa shape index (κ1) is 12.1. The molecule has 1 heterocycles. The molecular formula is C11H14BrClN2O. The van der Waals surface area contributed by atoms with Gasteiger partial charge in [-0.05, 0) is 41.1 Å². The van der Waals surface area contributed by atoms with E-state index in [-0.39, 0.29) is 6.10 Å². The van der Waals surface area contributed by atoms with Gasteiger partial charge in [0.25, 0.3) is 0 Å². The zero-order valence-electron chi connectivity index (χ0n) is 9.12. The quantitative estimate of drug-likeness (QED) is 0.778. The van der Waals surface area contributed by atoms with E-state index >= 15 is 0 Å². The molecule has 1 aromatic rings. The molecule has 1 aliphatic rings. The summed E-state index contributed by atoms with van der Waals surface area (Å²) < 4.78 is 6.54. The minimum absolute atomic E-state index is 0.246. The van der Waals surface area contributed by atoms with Crippen molar-refractivity contribution >= 4 is 27.5 Å². The van der Waals surface area contributed by atoms with E-state index in [1.165, 1.54) is 25.6 Å². The molecule has 0 bridgehead atoms. The summed E-state index contributed by atoms with van der Waals surface area (Å²) in [6, 6.07) is 0. The van der Waals surface area contributed by atoms with E-state index in [1.54, 1.807) is 0 Å². The van der Waals surface area contributed by atoms with Gasteiger partial charge >= 0.3 is 0 Å². The molecule has 2 rings (SSSR count). The Bertz CT molecular complexity index is 375. The molecule has 0 aromatic carbocycles. The summed E-state index contributed by atoms with van der Waals surface area (Å²) in [7, 11) is 0. The fourth-order valence-corrected chi connectivity index (χ4v) is 2.44. The van der Waals surface area contributed by atoms with Crippen LogP contribution in [-0.2, 0) is 0 Å². The predicted molar refractivity (Wildman–Crippen MR) is 66.8 cm³/mol. The van der Waals surface area contributed by atoms with Crippen LogP contribution >= 0.6 is 27.5 Å². The third-order valence-electron chi connectivity index (χ3n) is 3.01. The Balaban J connectivity index is 2.10. The number of hydrogen-bond donors (Lipinski definition) is 0. The Morgan fingerprint density at radius 2 is 2.12 bits per heavy atom. The minimum Gasteiger partial charge on any atom is -0.473 e. The summed E-state index contributed by atoms with van der Waals surface area (Å²) in [5, 5.41) is 0.397. The Kier molecular flexibility index (Phi) is 4.03. The van der Waals surface area contributed by atoms with Crippen molar-refractivity contribution < 1.29 is 4.74 Å². The fourth-order valence-electron chi connectivity index (χ4n) is 2.02. The van der Waals surface area contributed by atoms with E-state index in [2.05, 4.69) is 32.8 Å². The lowest BCUT2D eigenvalue weighted by molar-refractivity contribution is 0.0965. The van der Waals surface area contributed by atoms with Gasteiger partial charge in [0.1, 0.15) is 16.9 Å². The third-order valence-corrected chi connectivity index (χ3v) is 4.24. The maximum absolute atomic E-state index is 5.90. The topological polar surface area (TPSA) is 35.0 Å². The standard InChI is InChI=1S/C11H14BrClN2O/c1-7-4-2-3-5-8(7)16-11-9(12)10(13)14-6-15-11/h6-8H,2-5H2,1H3. The van der Waals surface area contributed by atoms with Crippen molar-refractivity contribution in [3.63, 3.8) is 0 Å². The highest BCUT2D eigenvalue weighted by Crippen LogP contribution is 2.32. The van der Waals surface area contributed by atoms with Gasteiger partial charge in [-0.15, -0.1) is 0 Å². The Morgan fingerprint density at radius 3 is 2.88 bits per heavy atom. The molecule has 1 saturated carbocycles. The molecule has 2 atom stereocenters. The van der Waals surface area contributed by atoms with Crippen LogP contribution in [0, 0.1) is 5.92 Å². The molecular weight excluding hydrogens is 291 g/mol. The highest BCUT2D eigenvalue weighted by molar-refractivity contribution is 9.10. The summed E-state index contributed by atoms with van der Waals surface area (Å²) in [6.07, 6.45) is 6.51. The van der Waals surface area contributed by atoms with Crippen molar-refractivity contribution in [2.45, 2.75) is 38.7 Å². The van der Waals surface area contributed by atoms with Gasteiger partial charge in [0, 0.05) is 0 Å². The number of rotatable bonds is 2. The molecule has 0 aliphatic heterocycles. The van der Waals surface area contributed by atoms with E-state index in [9.17, 15) is 0 Å². The molecule has 0 radical (unpaired) electrons. The first-order valence-electron chi connectivity index (χ1n) is 5.51. The van der Waals surface area contributed by atoms with E-state index in [0.717, 1.165) is 6.42 Å². The number of ether oxygens (including phenoxy) is 1. The van der Waals surface area contributed by atoms with Crippen molar-refractivity contribution in [3.8, 4) is 5.88 Å². The van der Waals surface area contributed by atoms with E-state index in [4.69, 9.17) is 16.3 Å².